The lowest BCUT2D eigenvalue weighted by atomic mass is 10.5. The van der Waals surface area contributed by atoms with Gasteiger partial charge in [-0.25, -0.2) is 4.58 Å². The van der Waals surface area contributed by atoms with Gasteiger partial charge >= 0.3 is 0 Å². The van der Waals surface area contributed by atoms with Crippen LogP contribution in [0.2, 0.25) is 0 Å². The number of nitrogens with zero attached hydrogens (tertiary/aromatic N) is 1. The lowest BCUT2D eigenvalue weighted by Gasteiger charge is -1.89. The van der Waals surface area contributed by atoms with Gasteiger partial charge in [-0.1, -0.05) is 15.9 Å². The summed E-state index contributed by atoms with van der Waals surface area (Å²) in [6, 6.07) is 0. The highest BCUT2D eigenvalue weighted by atomic mass is 79.9. The molecule has 0 saturated carbocycles. The van der Waals surface area contributed by atoms with Crippen LogP contribution in [0.25, 0.3) is 0 Å². The molecule has 48 valence electrons. The minimum Gasteiger partial charge on any atom is -0.233 e. The predicted molar refractivity (Wildman–Crippen MR) is 44.5 cm³/mol. The molecule has 0 aliphatic carbocycles. The average Bonchev–Trinajstić information content (AvgIpc) is 1.67. The van der Waals surface area contributed by atoms with Crippen molar-refractivity contribution in [1.82, 2.24) is 0 Å². The third kappa shape index (κ3) is 3.61. The van der Waals surface area contributed by atoms with Crippen LogP contribution < -0.4 is 0 Å². The largest absolute Gasteiger partial charge is 0.233 e. The first-order valence-corrected chi connectivity index (χ1v) is 4.34. The first-order chi connectivity index (χ1) is 3.68. The molecule has 0 amide bonds. The summed E-state index contributed by atoms with van der Waals surface area (Å²) in [5.41, 5.74) is 0. The van der Waals surface area contributed by atoms with Crippen LogP contribution in [0.5, 0.6) is 0 Å². The van der Waals surface area contributed by atoms with Crippen molar-refractivity contribution in [2.24, 2.45) is 0 Å². The van der Waals surface area contributed by atoms with E-state index in [0.717, 1.165) is 11.8 Å². The van der Waals surface area contributed by atoms with E-state index >= 15 is 0 Å². The highest BCUT2D eigenvalue weighted by Gasteiger charge is 1.98. The Morgan fingerprint density at radius 3 is 2.12 bits per heavy atom. The summed E-state index contributed by atoms with van der Waals surface area (Å²) in [5, 5.41) is 1.02. The first kappa shape index (κ1) is 8.63. The van der Waals surface area contributed by atoms with Gasteiger partial charge in [0.05, 0.1) is 0 Å². The Morgan fingerprint density at radius 2 is 2.00 bits per heavy atom. The third-order valence-electron chi connectivity index (χ3n) is 0.786. The number of hydrogen-bond acceptors (Lipinski definition) is 0. The SMILES string of the molecule is C[N+](C)=C(Br)CCBr. The Labute approximate surface area is 67.0 Å². The summed E-state index contributed by atoms with van der Waals surface area (Å²) in [6.07, 6.45) is 1.06. The average molecular weight is 244 g/mol. The molecule has 0 aliphatic heterocycles. The molecule has 0 saturated heterocycles. The number of alkyl halides is 1. The Balaban J connectivity index is 3.62. The van der Waals surface area contributed by atoms with Gasteiger partial charge in [0.2, 0.25) is 4.62 Å². The zero-order chi connectivity index (χ0) is 6.57. The van der Waals surface area contributed by atoms with Gasteiger partial charge in [0.15, 0.2) is 0 Å². The normalized spacial score (nSPS) is 9.00. The molecule has 0 N–H and O–H groups in total. The van der Waals surface area contributed by atoms with Crippen molar-refractivity contribution < 1.29 is 4.58 Å². The fourth-order valence-electron chi connectivity index (χ4n) is 0.302. The molecule has 0 spiro atoms. The van der Waals surface area contributed by atoms with E-state index in [0.29, 0.717) is 0 Å². The molecule has 0 fully saturated rings. The summed E-state index contributed by atoms with van der Waals surface area (Å²) < 4.78 is 3.29. The van der Waals surface area contributed by atoms with Crippen LogP contribution in [-0.2, 0) is 0 Å². The van der Waals surface area contributed by atoms with Crippen LogP contribution in [0, 0.1) is 0 Å². The van der Waals surface area contributed by atoms with Crippen molar-refractivity contribution in [3.8, 4) is 0 Å². The fourth-order valence-corrected chi connectivity index (χ4v) is 1.41. The topological polar surface area (TPSA) is 3.01 Å². The van der Waals surface area contributed by atoms with E-state index in [1.165, 1.54) is 4.62 Å². The molecule has 0 heterocycles. The van der Waals surface area contributed by atoms with Crippen LogP contribution in [0.1, 0.15) is 6.42 Å². The van der Waals surface area contributed by atoms with Gasteiger partial charge in [-0.2, -0.15) is 0 Å². The molecule has 0 atom stereocenters. The lowest BCUT2D eigenvalue weighted by molar-refractivity contribution is -0.462. The Bertz CT molecular complexity index is 94.6. The minimum atomic E-state index is 1.02. The second-order valence-corrected chi connectivity index (χ2v) is 3.42. The van der Waals surface area contributed by atoms with Crippen LogP contribution in [-0.4, -0.2) is 28.6 Å². The van der Waals surface area contributed by atoms with Gasteiger partial charge in [-0.05, 0) is 0 Å². The molecule has 0 aliphatic rings. The molecule has 0 bridgehead atoms. The van der Waals surface area contributed by atoms with Crippen molar-refractivity contribution in [3.05, 3.63) is 0 Å². The minimum absolute atomic E-state index is 1.02. The van der Waals surface area contributed by atoms with Gasteiger partial charge < -0.3 is 0 Å². The Kier molecular flexibility index (Phi) is 4.86. The van der Waals surface area contributed by atoms with Gasteiger partial charge in [-0.15, -0.1) is 0 Å². The van der Waals surface area contributed by atoms with E-state index in [1.54, 1.807) is 0 Å². The van der Waals surface area contributed by atoms with E-state index in [-0.39, 0.29) is 0 Å². The maximum Gasteiger partial charge on any atom is 0.219 e. The molecule has 0 aromatic heterocycles. The smallest absolute Gasteiger partial charge is 0.219 e. The second kappa shape index (κ2) is 4.50. The second-order valence-electron chi connectivity index (χ2n) is 1.71. The van der Waals surface area contributed by atoms with Crippen LogP contribution in [0.15, 0.2) is 0 Å². The molecule has 0 rings (SSSR count). The standard InChI is InChI=1S/C5H10Br2N/c1-8(2)5(7)3-4-6/h3-4H2,1-2H3/q+1. The first-order valence-electron chi connectivity index (χ1n) is 2.43. The van der Waals surface area contributed by atoms with E-state index in [1.807, 2.05) is 14.1 Å². The van der Waals surface area contributed by atoms with Crippen LogP contribution in [0.4, 0.5) is 0 Å². The van der Waals surface area contributed by atoms with Gasteiger partial charge in [-0.3, -0.25) is 0 Å². The van der Waals surface area contributed by atoms with Gasteiger partial charge in [0.25, 0.3) is 0 Å². The number of rotatable bonds is 2. The quantitative estimate of drug-likeness (QED) is 0.396. The summed E-state index contributed by atoms with van der Waals surface area (Å²) >= 11 is 6.76. The van der Waals surface area contributed by atoms with E-state index < -0.39 is 0 Å². The van der Waals surface area contributed by atoms with E-state index in [4.69, 9.17) is 0 Å². The third-order valence-corrected chi connectivity index (χ3v) is 2.29. The fraction of sp³-hybridized carbons (Fsp3) is 0.800. The molecular formula is C5H10Br2N+. The molecule has 0 radical (unpaired) electrons. The van der Waals surface area contributed by atoms with Crippen molar-refractivity contribution in [3.63, 3.8) is 0 Å². The lowest BCUT2D eigenvalue weighted by Crippen LogP contribution is -2.06. The maximum atomic E-state index is 3.41. The highest BCUT2D eigenvalue weighted by Crippen LogP contribution is 1.96. The predicted octanol–water partition coefficient (Wildman–Crippen LogP) is 1.84. The summed E-state index contributed by atoms with van der Waals surface area (Å²) in [6.45, 7) is 0. The molecule has 0 aromatic rings. The maximum absolute atomic E-state index is 3.41. The van der Waals surface area contributed by atoms with E-state index in [2.05, 4.69) is 36.4 Å². The van der Waals surface area contributed by atoms with Crippen molar-refractivity contribution in [2.45, 2.75) is 6.42 Å². The highest BCUT2D eigenvalue weighted by molar-refractivity contribution is 9.18. The monoisotopic (exact) mass is 242 g/mol. The van der Waals surface area contributed by atoms with E-state index in [9.17, 15) is 0 Å². The molecular weight excluding hydrogens is 234 g/mol. The zero-order valence-corrected chi connectivity index (χ0v) is 8.29. The van der Waals surface area contributed by atoms with Gasteiger partial charge in [0, 0.05) is 27.7 Å². The van der Waals surface area contributed by atoms with Crippen molar-refractivity contribution in [1.29, 1.82) is 0 Å². The molecule has 3 heteroatoms. The summed E-state index contributed by atoms with van der Waals surface area (Å²) in [7, 11) is 4.04. The molecule has 0 aromatic carbocycles. The van der Waals surface area contributed by atoms with Gasteiger partial charge in [0.1, 0.15) is 14.1 Å². The Morgan fingerprint density at radius 1 is 1.50 bits per heavy atom. The summed E-state index contributed by atoms with van der Waals surface area (Å²) in [5.74, 6) is 0. The Hall–Kier alpha value is 0.630. The molecule has 1 nitrogen and oxygen atoms in total. The zero-order valence-electron chi connectivity index (χ0n) is 5.12. The van der Waals surface area contributed by atoms with Crippen LogP contribution >= 0.6 is 31.9 Å². The van der Waals surface area contributed by atoms with Crippen molar-refractivity contribution >= 4 is 36.5 Å². The molecule has 0 unspecified atom stereocenters. The molecule has 8 heavy (non-hydrogen) atoms. The van der Waals surface area contributed by atoms with Crippen LogP contribution in [0.3, 0.4) is 0 Å². The number of hydrogen-bond donors (Lipinski definition) is 0. The number of halogens is 2. The van der Waals surface area contributed by atoms with Crippen molar-refractivity contribution in [2.75, 3.05) is 19.4 Å². The summed E-state index contributed by atoms with van der Waals surface area (Å²) in [4.78, 5) is 0.